The van der Waals surface area contributed by atoms with Gasteiger partial charge in [-0.25, -0.2) is 13.1 Å². The zero-order chi connectivity index (χ0) is 29.3. The number of hydrogen-bond acceptors (Lipinski definition) is 5. The average molecular weight is 594 g/mol. The minimum absolute atomic E-state index is 0.0555. The van der Waals surface area contributed by atoms with E-state index in [9.17, 15) is 18.6 Å². The first-order valence-electron chi connectivity index (χ1n) is 16.1. The summed E-state index contributed by atoms with van der Waals surface area (Å²) in [6.07, 6.45) is 8.95. The fourth-order valence-corrected chi connectivity index (χ4v) is 12.9. The Morgan fingerprint density at radius 3 is 2.35 bits per heavy atom. The number of hydrogen-bond donors (Lipinski definition) is 3. The first-order chi connectivity index (χ1) is 18.6. The van der Waals surface area contributed by atoms with E-state index >= 15 is 0 Å². The van der Waals surface area contributed by atoms with Crippen molar-refractivity contribution in [3.63, 3.8) is 0 Å². The van der Waals surface area contributed by atoms with Crippen molar-refractivity contribution in [2.75, 3.05) is 6.54 Å². The Balaban J connectivity index is 1.27. The molecule has 4 aliphatic rings. The fraction of sp³-hybridized carbons (Fsp3) is 0.879. The highest BCUT2D eigenvalue weighted by atomic mass is 32.2. The third kappa shape index (κ3) is 5.16. The van der Waals surface area contributed by atoms with Crippen LogP contribution in [0.2, 0.25) is 0 Å². The molecule has 4 fully saturated rings. The highest BCUT2D eigenvalue weighted by Crippen LogP contribution is 2.69. The van der Waals surface area contributed by atoms with Gasteiger partial charge in [0, 0.05) is 11.4 Å². The van der Waals surface area contributed by atoms with Crippen LogP contribution in [0.15, 0.2) is 16.3 Å². The van der Waals surface area contributed by atoms with Crippen LogP contribution in [0.4, 0.5) is 0 Å². The molecule has 40 heavy (non-hydrogen) atoms. The topological polar surface area (TPSA) is 86.6 Å². The molecule has 0 amide bonds. The molecule has 4 aliphatic carbocycles. The minimum Gasteiger partial charge on any atom is -0.393 e. The molecule has 4 saturated carbocycles. The van der Waals surface area contributed by atoms with E-state index in [4.69, 9.17) is 0 Å². The molecule has 1 heterocycles. The number of rotatable bonds is 7. The van der Waals surface area contributed by atoms with E-state index in [2.05, 4.69) is 53.2 Å². The summed E-state index contributed by atoms with van der Waals surface area (Å²) in [6, 6.07) is 3.69. The van der Waals surface area contributed by atoms with Crippen LogP contribution in [-0.2, 0) is 15.4 Å². The summed E-state index contributed by atoms with van der Waals surface area (Å²) in [7, 11) is -3.49. The van der Waals surface area contributed by atoms with Gasteiger partial charge in [-0.2, -0.15) is 0 Å². The minimum atomic E-state index is -3.49. The van der Waals surface area contributed by atoms with Crippen LogP contribution < -0.4 is 4.72 Å². The maximum atomic E-state index is 13.0. The van der Waals surface area contributed by atoms with Gasteiger partial charge in [-0.15, -0.1) is 11.3 Å². The third-order valence-corrected chi connectivity index (χ3v) is 16.1. The second-order valence-corrected chi connectivity index (χ2v) is 18.7. The quantitative estimate of drug-likeness (QED) is 0.318. The Kier molecular flexibility index (Phi) is 8.45. The van der Waals surface area contributed by atoms with Gasteiger partial charge in [-0.3, -0.25) is 0 Å². The summed E-state index contributed by atoms with van der Waals surface area (Å²) in [6.45, 7) is 16.4. The van der Waals surface area contributed by atoms with Crippen LogP contribution in [0.3, 0.4) is 0 Å². The number of aliphatic hydroxyl groups excluding tert-OH is 2. The largest absolute Gasteiger partial charge is 0.393 e. The lowest BCUT2D eigenvalue weighted by atomic mass is 9.41. The van der Waals surface area contributed by atoms with Gasteiger partial charge in [0.2, 0.25) is 10.0 Å². The van der Waals surface area contributed by atoms with Gasteiger partial charge >= 0.3 is 0 Å². The molecule has 11 atom stereocenters. The first-order valence-corrected chi connectivity index (χ1v) is 18.4. The molecule has 3 N–H and O–H groups in total. The summed E-state index contributed by atoms with van der Waals surface area (Å²) in [4.78, 5) is 1.08. The summed E-state index contributed by atoms with van der Waals surface area (Å²) in [5.41, 5.74) is 0.368. The predicted molar refractivity (Wildman–Crippen MR) is 164 cm³/mol. The van der Waals surface area contributed by atoms with Crippen LogP contribution in [-0.4, -0.2) is 37.4 Å². The van der Waals surface area contributed by atoms with Gasteiger partial charge in [-0.05, 0) is 121 Å². The number of sulfonamides is 1. The van der Waals surface area contributed by atoms with Crippen molar-refractivity contribution < 1.29 is 18.6 Å². The molecule has 5 nitrogen and oxygen atoms in total. The molecule has 1 aromatic rings. The van der Waals surface area contributed by atoms with E-state index in [-0.39, 0.29) is 34.4 Å². The molecule has 5 rings (SSSR count). The number of thiophene rings is 1. The van der Waals surface area contributed by atoms with E-state index in [0.717, 1.165) is 37.0 Å². The second kappa shape index (κ2) is 10.9. The third-order valence-electron chi connectivity index (χ3n) is 12.6. The van der Waals surface area contributed by atoms with Gasteiger partial charge in [0.15, 0.2) is 0 Å². The predicted octanol–water partition coefficient (Wildman–Crippen LogP) is 6.98. The molecular weight excluding hydrogens is 539 g/mol. The SMILES string of the molecule is CC[C@H]1[C@@H](O)C2C3CCC([C@H](C)CCNS(=O)(=O)c4ccc(C(C)(C)C)s4)[C@@]3(C)CC[C@@H]2C2(C)CC[C@@H](O)C[C@@H]12. The van der Waals surface area contributed by atoms with Crippen LogP contribution in [0.1, 0.15) is 111 Å². The van der Waals surface area contributed by atoms with Crippen LogP contribution >= 0.6 is 11.3 Å². The standard InChI is InChI=1S/C33H55NO4S2/c1-8-22-26-19-21(35)13-16-33(26,7)25-14-17-32(6)23(9-10-24(32)29(25)30(22)36)20(2)15-18-34-40(37,38)28-12-11-27(39-28)31(3,4)5/h11-12,20-26,29-30,34-36H,8-10,13-19H2,1-7H3/t20-,21-,22-,23?,24?,25+,26+,29?,30-,32-,33?/m1/s1. The van der Waals surface area contributed by atoms with E-state index in [1.54, 1.807) is 6.07 Å². The van der Waals surface area contributed by atoms with E-state index in [1.165, 1.54) is 37.0 Å². The lowest BCUT2D eigenvalue weighted by Gasteiger charge is -2.64. The van der Waals surface area contributed by atoms with Crippen molar-refractivity contribution in [2.24, 2.45) is 52.3 Å². The lowest BCUT2D eigenvalue weighted by Crippen LogP contribution is -2.62. The number of fused-ring (bicyclic) bond motifs is 5. The maximum Gasteiger partial charge on any atom is 0.250 e. The van der Waals surface area contributed by atoms with Gasteiger partial charge in [0.25, 0.3) is 0 Å². The number of aliphatic hydroxyl groups is 2. The molecule has 0 aliphatic heterocycles. The fourth-order valence-electron chi connectivity index (χ4n) is 10.5. The van der Waals surface area contributed by atoms with Crippen molar-refractivity contribution in [1.82, 2.24) is 4.72 Å². The Labute approximate surface area is 248 Å². The van der Waals surface area contributed by atoms with Crippen LogP contribution in [0.5, 0.6) is 0 Å². The van der Waals surface area contributed by atoms with Crippen molar-refractivity contribution in [3.8, 4) is 0 Å². The summed E-state index contributed by atoms with van der Waals surface area (Å²) in [5, 5.41) is 22.5. The zero-order valence-corrected chi connectivity index (χ0v) is 27.6. The smallest absolute Gasteiger partial charge is 0.250 e. The van der Waals surface area contributed by atoms with E-state index in [0.29, 0.717) is 46.3 Å². The molecular formula is C33H55NO4S2. The highest BCUT2D eigenvalue weighted by Gasteiger charge is 2.64. The van der Waals surface area contributed by atoms with Crippen molar-refractivity contribution >= 4 is 21.4 Å². The van der Waals surface area contributed by atoms with E-state index in [1.807, 2.05) is 6.07 Å². The second-order valence-electron chi connectivity index (χ2n) is 15.7. The average Bonchev–Trinajstić information content (AvgIpc) is 3.51. The molecule has 228 valence electrons. The molecule has 0 saturated heterocycles. The molecule has 7 heteroatoms. The van der Waals surface area contributed by atoms with Gasteiger partial charge in [0.05, 0.1) is 12.2 Å². The highest BCUT2D eigenvalue weighted by molar-refractivity contribution is 7.91. The van der Waals surface area contributed by atoms with Crippen molar-refractivity contribution in [2.45, 2.75) is 128 Å². The van der Waals surface area contributed by atoms with Gasteiger partial charge in [0.1, 0.15) is 4.21 Å². The normalized spacial score (nSPS) is 42.6. The summed E-state index contributed by atoms with van der Waals surface area (Å²) < 4.78 is 29.4. The first kappa shape index (κ1) is 31.0. The molecule has 0 aromatic carbocycles. The number of nitrogens with one attached hydrogen (secondary N) is 1. The van der Waals surface area contributed by atoms with E-state index < -0.39 is 10.0 Å². The summed E-state index contributed by atoms with van der Waals surface area (Å²) in [5.74, 6) is 3.13. The maximum absolute atomic E-state index is 13.0. The summed E-state index contributed by atoms with van der Waals surface area (Å²) >= 11 is 1.38. The Morgan fingerprint density at radius 1 is 1.02 bits per heavy atom. The van der Waals surface area contributed by atoms with Gasteiger partial charge < -0.3 is 10.2 Å². The van der Waals surface area contributed by atoms with Gasteiger partial charge in [-0.1, -0.05) is 54.9 Å². The Morgan fingerprint density at radius 2 is 1.70 bits per heavy atom. The van der Waals surface area contributed by atoms with Crippen molar-refractivity contribution in [1.29, 1.82) is 0 Å². The molecule has 1 aromatic heterocycles. The molecule has 4 unspecified atom stereocenters. The molecule has 0 radical (unpaired) electrons. The zero-order valence-electron chi connectivity index (χ0n) is 25.9. The monoisotopic (exact) mass is 593 g/mol. The molecule has 0 bridgehead atoms. The van der Waals surface area contributed by atoms with Crippen LogP contribution in [0, 0.1) is 52.3 Å². The Hall–Kier alpha value is -0.470. The van der Waals surface area contributed by atoms with Crippen LogP contribution in [0.25, 0.3) is 0 Å². The Bertz CT molecular complexity index is 1160. The lowest BCUT2D eigenvalue weighted by molar-refractivity contribution is -0.203. The van der Waals surface area contributed by atoms with Crippen molar-refractivity contribution in [3.05, 3.63) is 17.0 Å². The molecule has 0 spiro atoms.